The minimum Gasteiger partial charge on any atom is -0.349 e. The molecular formula is C13H20N2OS. The molecule has 0 bridgehead atoms. The predicted octanol–water partition coefficient (Wildman–Crippen LogP) is 2.44. The smallest absolute Gasteiger partial charge is 0.220 e. The van der Waals surface area contributed by atoms with Gasteiger partial charge in [-0.2, -0.15) is 0 Å². The van der Waals surface area contributed by atoms with Gasteiger partial charge in [-0.3, -0.25) is 4.79 Å². The molecule has 3 nitrogen and oxygen atoms in total. The van der Waals surface area contributed by atoms with Crippen molar-refractivity contribution in [2.24, 2.45) is 11.7 Å². The zero-order chi connectivity index (χ0) is 12.3. The second kappa shape index (κ2) is 5.65. The third-order valence-corrected chi connectivity index (χ3v) is 4.57. The van der Waals surface area contributed by atoms with Crippen LogP contribution in [0.3, 0.4) is 0 Å². The van der Waals surface area contributed by atoms with E-state index >= 15 is 0 Å². The van der Waals surface area contributed by atoms with Crippen LogP contribution in [0.25, 0.3) is 0 Å². The van der Waals surface area contributed by atoms with Gasteiger partial charge in [0.05, 0.1) is 6.04 Å². The number of amides is 1. The summed E-state index contributed by atoms with van der Waals surface area (Å²) in [7, 11) is 0. The highest BCUT2D eigenvalue weighted by atomic mass is 32.1. The summed E-state index contributed by atoms with van der Waals surface area (Å²) in [6, 6.07) is 4.39. The van der Waals surface area contributed by atoms with E-state index in [2.05, 4.69) is 11.4 Å². The van der Waals surface area contributed by atoms with Crippen molar-refractivity contribution in [2.45, 2.75) is 44.7 Å². The summed E-state index contributed by atoms with van der Waals surface area (Å²) >= 11 is 1.68. The van der Waals surface area contributed by atoms with E-state index in [4.69, 9.17) is 5.73 Å². The van der Waals surface area contributed by atoms with Crippen molar-refractivity contribution in [3.63, 3.8) is 0 Å². The summed E-state index contributed by atoms with van der Waals surface area (Å²) in [5, 5.41) is 5.08. The average Bonchev–Trinajstić information content (AvgIpc) is 2.90. The molecule has 1 aliphatic carbocycles. The molecule has 0 aliphatic heterocycles. The van der Waals surface area contributed by atoms with Crippen LogP contribution in [0.4, 0.5) is 0 Å². The van der Waals surface area contributed by atoms with E-state index in [0.29, 0.717) is 12.3 Å². The van der Waals surface area contributed by atoms with Crippen molar-refractivity contribution in [3.8, 4) is 0 Å². The third kappa shape index (κ3) is 3.30. The molecule has 94 valence electrons. The number of carbonyl (C=O) groups excluding carboxylic acids is 1. The first-order valence-corrected chi connectivity index (χ1v) is 7.13. The number of hydrogen-bond donors (Lipinski definition) is 2. The summed E-state index contributed by atoms with van der Waals surface area (Å²) in [6.07, 6.45) is 3.91. The van der Waals surface area contributed by atoms with Crippen LogP contribution in [0.5, 0.6) is 0 Å². The monoisotopic (exact) mass is 252 g/mol. The van der Waals surface area contributed by atoms with Gasteiger partial charge in [-0.25, -0.2) is 0 Å². The minimum atomic E-state index is 0.111. The predicted molar refractivity (Wildman–Crippen MR) is 70.8 cm³/mol. The van der Waals surface area contributed by atoms with Crippen molar-refractivity contribution in [1.82, 2.24) is 5.32 Å². The Bertz CT molecular complexity index is 364. The zero-order valence-electron chi connectivity index (χ0n) is 10.2. The lowest BCUT2D eigenvalue weighted by Crippen LogP contribution is -2.32. The lowest BCUT2D eigenvalue weighted by molar-refractivity contribution is -0.122. The number of carbonyl (C=O) groups is 1. The first kappa shape index (κ1) is 12.6. The molecule has 1 heterocycles. The van der Waals surface area contributed by atoms with Crippen molar-refractivity contribution < 1.29 is 4.79 Å². The Morgan fingerprint density at radius 2 is 2.47 bits per heavy atom. The van der Waals surface area contributed by atoms with Gasteiger partial charge in [-0.15, -0.1) is 11.3 Å². The van der Waals surface area contributed by atoms with Crippen molar-refractivity contribution in [3.05, 3.63) is 22.4 Å². The van der Waals surface area contributed by atoms with E-state index in [1.54, 1.807) is 11.3 Å². The fraction of sp³-hybridized carbons (Fsp3) is 0.615. The van der Waals surface area contributed by atoms with Gasteiger partial charge in [-0.1, -0.05) is 12.5 Å². The van der Waals surface area contributed by atoms with Crippen LogP contribution in [-0.2, 0) is 4.79 Å². The Labute approximate surface area is 106 Å². The van der Waals surface area contributed by atoms with Crippen LogP contribution in [0, 0.1) is 5.92 Å². The Balaban J connectivity index is 1.81. The molecule has 3 N–H and O–H groups in total. The van der Waals surface area contributed by atoms with Crippen LogP contribution in [-0.4, -0.2) is 11.9 Å². The average molecular weight is 252 g/mol. The van der Waals surface area contributed by atoms with E-state index in [9.17, 15) is 4.79 Å². The number of nitrogens with one attached hydrogen (secondary N) is 1. The molecule has 0 spiro atoms. The molecule has 1 aromatic heterocycles. The number of thiophene rings is 1. The summed E-state index contributed by atoms with van der Waals surface area (Å²) in [5.41, 5.74) is 5.97. The number of rotatable bonds is 4. The normalized spacial score (nSPS) is 25.8. The van der Waals surface area contributed by atoms with E-state index in [-0.39, 0.29) is 18.0 Å². The lowest BCUT2D eigenvalue weighted by atomic mass is 10.00. The van der Waals surface area contributed by atoms with Crippen LogP contribution in [0.1, 0.15) is 43.5 Å². The lowest BCUT2D eigenvalue weighted by Gasteiger charge is -2.17. The fourth-order valence-electron chi connectivity index (χ4n) is 2.47. The first-order valence-electron chi connectivity index (χ1n) is 6.25. The second-order valence-electron chi connectivity index (χ2n) is 4.86. The first-order chi connectivity index (χ1) is 8.16. The molecule has 0 radical (unpaired) electrons. The quantitative estimate of drug-likeness (QED) is 0.864. The van der Waals surface area contributed by atoms with Gasteiger partial charge in [0.25, 0.3) is 0 Å². The van der Waals surface area contributed by atoms with Gasteiger partial charge in [0.2, 0.25) is 5.91 Å². The molecule has 4 heteroatoms. The van der Waals surface area contributed by atoms with Gasteiger partial charge in [0, 0.05) is 17.3 Å². The summed E-state index contributed by atoms with van der Waals surface area (Å²) < 4.78 is 0. The number of hydrogen-bond acceptors (Lipinski definition) is 3. The van der Waals surface area contributed by atoms with Gasteiger partial charge in [0.1, 0.15) is 0 Å². The molecule has 1 unspecified atom stereocenters. The summed E-state index contributed by atoms with van der Waals surface area (Å²) in [6.45, 7) is 2.03. The molecule has 0 saturated heterocycles. The maximum atomic E-state index is 11.9. The molecule has 1 aromatic rings. The highest BCUT2D eigenvalue weighted by Gasteiger charge is 2.26. The highest BCUT2D eigenvalue weighted by Crippen LogP contribution is 2.27. The van der Waals surface area contributed by atoms with E-state index < -0.39 is 0 Å². The fourth-order valence-corrected chi connectivity index (χ4v) is 3.20. The second-order valence-corrected chi connectivity index (χ2v) is 5.84. The molecule has 2 rings (SSSR count). The van der Waals surface area contributed by atoms with Crippen molar-refractivity contribution in [1.29, 1.82) is 0 Å². The zero-order valence-corrected chi connectivity index (χ0v) is 11.0. The van der Waals surface area contributed by atoms with Crippen LogP contribution in [0.2, 0.25) is 0 Å². The molecule has 1 amide bonds. The van der Waals surface area contributed by atoms with Crippen LogP contribution >= 0.6 is 11.3 Å². The van der Waals surface area contributed by atoms with E-state index in [1.165, 1.54) is 11.3 Å². The molecule has 1 saturated carbocycles. The van der Waals surface area contributed by atoms with E-state index in [0.717, 1.165) is 12.8 Å². The van der Waals surface area contributed by atoms with Crippen molar-refractivity contribution >= 4 is 17.2 Å². The molecular weight excluding hydrogens is 232 g/mol. The Hall–Kier alpha value is -0.870. The SMILES string of the molecule is CC(NC(=O)C[C@@H]1CCC[C@H]1N)c1cccs1. The highest BCUT2D eigenvalue weighted by molar-refractivity contribution is 7.10. The molecule has 1 aliphatic rings. The van der Waals surface area contributed by atoms with Gasteiger partial charge in [-0.05, 0) is 37.1 Å². The Morgan fingerprint density at radius 3 is 3.06 bits per heavy atom. The van der Waals surface area contributed by atoms with Crippen molar-refractivity contribution in [2.75, 3.05) is 0 Å². The van der Waals surface area contributed by atoms with Crippen LogP contribution in [0.15, 0.2) is 17.5 Å². The van der Waals surface area contributed by atoms with Gasteiger partial charge >= 0.3 is 0 Å². The topological polar surface area (TPSA) is 55.1 Å². The summed E-state index contributed by atoms with van der Waals surface area (Å²) in [5.74, 6) is 0.513. The third-order valence-electron chi connectivity index (χ3n) is 3.51. The Morgan fingerprint density at radius 1 is 1.65 bits per heavy atom. The molecule has 0 aromatic carbocycles. The standard InChI is InChI=1S/C13H20N2OS/c1-9(12-6-3-7-17-12)15-13(16)8-10-4-2-5-11(10)14/h3,6-7,9-11H,2,4-5,8,14H2,1H3,(H,15,16)/t9?,10-,11+/m0/s1. The largest absolute Gasteiger partial charge is 0.349 e. The van der Waals surface area contributed by atoms with Crippen LogP contribution < -0.4 is 11.1 Å². The maximum absolute atomic E-state index is 11.9. The van der Waals surface area contributed by atoms with E-state index in [1.807, 2.05) is 18.4 Å². The minimum absolute atomic E-state index is 0.111. The molecule has 17 heavy (non-hydrogen) atoms. The van der Waals surface area contributed by atoms with Gasteiger partial charge in [0.15, 0.2) is 0 Å². The molecule has 3 atom stereocenters. The summed E-state index contributed by atoms with van der Waals surface area (Å²) in [4.78, 5) is 13.1. The maximum Gasteiger partial charge on any atom is 0.220 e. The van der Waals surface area contributed by atoms with Gasteiger partial charge < -0.3 is 11.1 Å². The number of nitrogens with two attached hydrogens (primary N) is 1. The molecule has 1 fully saturated rings. The Kier molecular flexibility index (Phi) is 4.18.